The number of hydrogen-bond donors (Lipinski definition) is 2. The molecule has 2 N–H and O–H groups in total. The van der Waals surface area contributed by atoms with Crippen molar-refractivity contribution in [1.82, 2.24) is 0 Å². The fourth-order valence-electron chi connectivity index (χ4n) is 2.89. The highest BCUT2D eigenvalue weighted by atomic mass is 35.5. The largest absolute Gasteiger partial charge is 0.506 e. The summed E-state index contributed by atoms with van der Waals surface area (Å²) in [6.45, 7) is 1.62. The highest BCUT2D eigenvalue weighted by molar-refractivity contribution is 7.10. The lowest BCUT2D eigenvalue weighted by Crippen LogP contribution is -2.18. The summed E-state index contributed by atoms with van der Waals surface area (Å²) in [4.78, 5) is 27.7. The lowest BCUT2D eigenvalue weighted by molar-refractivity contribution is -0.136. The molecule has 0 saturated heterocycles. The van der Waals surface area contributed by atoms with Crippen LogP contribution in [-0.4, -0.2) is 27.7 Å². The Morgan fingerprint density at radius 2 is 2.12 bits per heavy atom. The van der Waals surface area contributed by atoms with Crippen molar-refractivity contribution in [2.75, 3.05) is 0 Å². The molecule has 0 amide bonds. The maximum Gasteiger partial charge on any atom is 0.307 e. The topological polar surface area (TPSA) is 87.0 Å². The van der Waals surface area contributed by atoms with E-state index in [0.29, 0.717) is 22.6 Å². The first-order valence-corrected chi connectivity index (χ1v) is 8.69. The number of allylic oxidation sites excluding steroid dienone is 4. The molecule has 5 nitrogen and oxygen atoms in total. The van der Waals surface area contributed by atoms with E-state index in [0.717, 1.165) is 17.4 Å². The van der Waals surface area contributed by atoms with Gasteiger partial charge in [0, 0.05) is 34.2 Å². The number of rotatable bonds is 5. The number of Topliss-reactive ketones (excluding diaryl/α,β-unsaturated/α-hetero) is 1. The second-order valence-electron chi connectivity index (χ2n) is 5.75. The molecule has 1 aromatic rings. The Labute approximate surface area is 155 Å². The average Bonchev–Trinajstić information content (AvgIpc) is 3.16. The van der Waals surface area contributed by atoms with E-state index in [1.807, 2.05) is 0 Å². The first-order chi connectivity index (χ1) is 12.2. The van der Waals surface area contributed by atoms with Crippen molar-refractivity contribution in [1.29, 1.82) is 0 Å². The van der Waals surface area contributed by atoms with Gasteiger partial charge in [0.2, 0.25) is 0 Å². The normalized spacial score (nSPS) is 17.2. The van der Waals surface area contributed by atoms with E-state index in [-0.39, 0.29) is 33.9 Å². The summed E-state index contributed by atoms with van der Waals surface area (Å²) in [6, 6.07) is 1.08. The van der Waals surface area contributed by atoms with Gasteiger partial charge >= 0.3 is 5.97 Å². The number of thiophene rings is 1. The molecular weight excluding hydrogens is 388 g/mol. The molecule has 0 aromatic carbocycles. The zero-order valence-corrected chi connectivity index (χ0v) is 14.9. The van der Waals surface area contributed by atoms with Crippen LogP contribution in [0.5, 0.6) is 0 Å². The number of carboxylic acids is 1. The first kappa shape index (κ1) is 18.5. The lowest BCUT2D eigenvalue weighted by Gasteiger charge is -2.19. The molecule has 26 heavy (non-hydrogen) atoms. The van der Waals surface area contributed by atoms with Gasteiger partial charge in [0.15, 0.2) is 5.78 Å². The third-order valence-electron chi connectivity index (χ3n) is 4.09. The number of carbonyl (C=O) groups is 2. The molecule has 0 fully saturated rings. The Kier molecular flexibility index (Phi) is 4.81. The standard InChI is InChI=1S/C17H12ClF2NO4S/c1-6-8(4-12(22)23)13-10(21-6)3-9(16(25)14(13)18)15(24)7-2-11(17(19)20)26-5-7/h2,5,17,25H,3-4H2,1H3,(H,22,23). The molecular formula is C17H12ClF2NO4S. The van der Waals surface area contributed by atoms with Crippen molar-refractivity contribution in [3.63, 3.8) is 0 Å². The molecule has 0 radical (unpaired) electrons. The predicted molar refractivity (Wildman–Crippen MR) is 93.1 cm³/mol. The number of alkyl halides is 2. The molecule has 0 atom stereocenters. The van der Waals surface area contributed by atoms with Crippen LogP contribution in [0.4, 0.5) is 8.78 Å². The molecule has 1 aliphatic carbocycles. The van der Waals surface area contributed by atoms with Crippen LogP contribution < -0.4 is 0 Å². The van der Waals surface area contributed by atoms with Crippen molar-refractivity contribution in [2.45, 2.75) is 26.2 Å². The minimum atomic E-state index is -2.68. The number of fused-ring (bicyclic) bond motifs is 1. The molecule has 136 valence electrons. The fourth-order valence-corrected chi connectivity index (χ4v) is 3.96. The molecule has 0 bridgehead atoms. The van der Waals surface area contributed by atoms with Gasteiger partial charge in [-0.25, -0.2) is 8.78 Å². The van der Waals surface area contributed by atoms with Crippen LogP contribution >= 0.6 is 22.9 Å². The smallest absolute Gasteiger partial charge is 0.307 e. The van der Waals surface area contributed by atoms with Gasteiger partial charge in [-0.1, -0.05) is 11.6 Å². The van der Waals surface area contributed by atoms with Gasteiger partial charge < -0.3 is 10.2 Å². The van der Waals surface area contributed by atoms with E-state index in [1.165, 1.54) is 5.38 Å². The summed E-state index contributed by atoms with van der Waals surface area (Å²) in [5, 5.41) is 20.5. The van der Waals surface area contributed by atoms with E-state index >= 15 is 0 Å². The van der Waals surface area contributed by atoms with Gasteiger partial charge in [0.1, 0.15) is 5.76 Å². The molecule has 2 heterocycles. The number of carbonyl (C=O) groups excluding carboxylic acids is 1. The zero-order chi connectivity index (χ0) is 19.2. The number of aliphatic hydroxyl groups excluding tert-OH is 1. The van der Waals surface area contributed by atoms with E-state index in [4.69, 9.17) is 16.7 Å². The Balaban J connectivity index is 2.00. The van der Waals surface area contributed by atoms with Gasteiger partial charge in [0.25, 0.3) is 6.43 Å². The minimum absolute atomic E-state index is 0.0359. The molecule has 0 unspecified atom stereocenters. The van der Waals surface area contributed by atoms with Crippen molar-refractivity contribution >= 4 is 40.4 Å². The van der Waals surface area contributed by atoms with Crippen LogP contribution in [0.25, 0.3) is 0 Å². The molecule has 3 rings (SSSR count). The van der Waals surface area contributed by atoms with E-state index in [2.05, 4.69) is 4.99 Å². The quantitative estimate of drug-likeness (QED) is 0.697. The molecule has 1 aliphatic heterocycles. The molecule has 1 aromatic heterocycles. The van der Waals surface area contributed by atoms with Crippen molar-refractivity contribution in [3.05, 3.63) is 55.1 Å². The highest BCUT2D eigenvalue weighted by Crippen LogP contribution is 2.41. The minimum Gasteiger partial charge on any atom is -0.506 e. The van der Waals surface area contributed by atoms with Gasteiger partial charge in [0.05, 0.1) is 22.0 Å². The maximum atomic E-state index is 12.7. The molecule has 0 spiro atoms. The SMILES string of the molecule is CC1=C(CC(=O)O)C2=C(Cl)C(O)=C(C(=O)c3csc(C(F)F)c3)CC2=N1. The second kappa shape index (κ2) is 6.77. The first-order valence-electron chi connectivity index (χ1n) is 7.44. The molecule has 9 heteroatoms. The van der Waals surface area contributed by atoms with Crippen molar-refractivity contribution in [3.8, 4) is 0 Å². The van der Waals surface area contributed by atoms with E-state index < -0.39 is 23.9 Å². The predicted octanol–water partition coefficient (Wildman–Crippen LogP) is 4.78. The number of ketones is 1. The Bertz CT molecular complexity index is 956. The summed E-state index contributed by atoms with van der Waals surface area (Å²) < 4.78 is 25.5. The third-order valence-corrected chi connectivity index (χ3v) is 5.39. The number of hydrogen-bond acceptors (Lipinski definition) is 5. The molecule has 0 saturated carbocycles. The van der Waals surface area contributed by atoms with Crippen LogP contribution in [0.15, 0.2) is 49.6 Å². The third kappa shape index (κ3) is 3.10. The van der Waals surface area contributed by atoms with Crippen molar-refractivity contribution < 1.29 is 28.6 Å². The van der Waals surface area contributed by atoms with Gasteiger partial charge in [-0.05, 0) is 18.6 Å². The van der Waals surface area contributed by atoms with Gasteiger partial charge in [-0.2, -0.15) is 0 Å². The monoisotopic (exact) mass is 399 g/mol. The molecule has 2 aliphatic rings. The summed E-state index contributed by atoms with van der Waals surface area (Å²) in [7, 11) is 0. The van der Waals surface area contributed by atoms with Gasteiger partial charge in [-0.3, -0.25) is 14.6 Å². The summed E-state index contributed by atoms with van der Waals surface area (Å²) in [6.07, 6.45) is -3.06. The summed E-state index contributed by atoms with van der Waals surface area (Å²) >= 11 is 6.94. The average molecular weight is 400 g/mol. The number of aliphatic hydroxyl groups is 1. The Morgan fingerprint density at radius 3 is 2.69 bits per heavy atom. The van der Waals surface area contributed by atoms with Crippen LogP contribution in [0.1, 0.15) is 41.4 Å². The number of nitrogens with zero attached hydrogens (tertiary/aromatic N) is 1. The van der Waals surface area contributed by atoms with E-state index in [1.54, 1.807) is 6.92 Å². The van der Waals surface area contributed by atoms with Crippen LogP contribution in [-0.2, 0) is 4.79 Å². The maximum absolute atomic E-state index is 12.7. The van der Waals surface area contributed by atoms with Crippen LogP contribution in [0.2, 0.25) is 0 Å². The number of aliphatic imine (C=N–C) groups is 1. The summed E-state index contributed by atoms with van der Waals surface area (Å²) in [5.74, 6) is -2.17. The van der Waals surface area contributed by atoms with Crippen molar-refractivity contribution in [2.24, 2.45) is 4.99 Å². The van der Waals surface area contributed by atoms with Gasteiger partial charge in [-0.15, -0.1) is 11.3 Å². The van der Waals surface area contributed by atoms with Crippen LogP contribution in [0.3, 0.4) is 0 Å². The fraction of sp³-hybridized carbons (Fsp3) is 0.235. The van der Waals surface area contributed by atoms with E-state index in [9.17, 15) is 23.5 Å². The highest BCUT2D eigenvalue weighted by Gasteiger charge is 2.35. The second-order valence-corrected chi connectivity index (χ2v) is 7.07. The lowest BCUT2D eigenvalue weighted by atomic mass is 9.87. The number of aliphatic carboxylic acids is 1. The Hall–Kier alpha value is -2.32. The van der Waals surface area contributed by atoms with Crippen LogP contribution in [0, 0.1) is 0 Å². The Morgan fingerprint density at radius 1 is 1.42 bits per heavy atom. The number of carboxylic acid groups (broad SMARTS) is 1. The summed E-state index contributed by atoms with van der Waals surface area (Å²) in [5.41, 5.74) is 1.52. The zero-order valence-electron chi connectivity index (χ0n) is 13.3. The number of halogens is 3.